The fourth-order valence-electron chi connectivity index (χ4n) is 3.04. The number of nitrogens with zero attached hydrogens (tertiary/aromatic N) is 3. The quantitative estimate of drug-likeness (QED) is 0.756. The van der Waals surface area contributed by atoms with E-state index < -0.39 is 17.1 Å². The number of likely N-dealkylation sites (tertiary alicyclic amines) is 1. The molecule has 5 nitrogen and oxygen atoms in total. The number of hydrogen-bond acceptors (Lipinski definition) is 4. The second-order valence-corrected chi connectivity index (χ2v) is 8.03. The number of amides is 1. The van der Waals surface area contributed by atoms with E-state index in [1.54, 1.807) is 19.9 Å². The third kappa shape index (κ3) is 6.27. The van der Waals surface area contributed by atoms with Gasteiger partial charge in [-0.05, 0) is 45.8 Å². The predicted molar refractivity (Wildman–Crippen MR) is 102 cm³/mol. The number of hydrogen-bond donors (Lipinski definition) is 1. The van der Waals surface area contributed by atoms with Gasteiger partial charge < -0.3 is 10.2 Å². The highest BCUT2D eigenvalue weighted by Gasteiger charge is 2.35. The van der Waals surface area contributed by atoms with Crippen molar-refractivity contribution in [2.75, 3.05) is 26.2 Å². The van der Waals surface area contributed by atoms with Crippen LogP contribution >= 0.6 is 11.8 Å². The van der Waals surface area contributed by atoms with E-state index in [9.17, 15) is 18.0 Å². The summed E-state index contributed by atoms with van der Waals surface area (Å²) >= 11 is 1.22. The van der Waals surface area contributed by atoms with Crippen molar-refractivity contribution in [2.45, 2.75) is 44.5 Å². The van der Waals surface area contributed by atoms with Crippen LogP contribution in [0.3, 0.4) is 0 Å². The van der Waals surface area contributed by atoms with E-state index in [0.717, 1.165) is 30.4 Å². The van der Waals surface area contributed by atoms with Crippen molar-refractivity contribution in [3.05, 3.63) is 23.5 Å². The van der Waals surface area contributed by atoms with E-state index in [1.807, 2.05) is 0 Å². The van der Waals surface area contributed by atoms with Gasteiger partial charge in [0.25, 0.3) is 0 Å². The van der Waals surface area contributed by atoms with Crippen molar-refractivity contribution in [3.63, 3.8) is 0 Å². The molecule has 1 fully saturated rings. The van der Waals surface area contributed by atoms with Gasteiger partial charge >= 0.3 is 6.18 Å². The summed E-state index contributed by atoms with van der Waals surface area (Å²) in [6.07, 6.45) is 0.904. The summed E-state index contributed by atoms with van der Waals surface area (Å²) in [5.74, 6) is -0.122. The summed E-state index contributed by atoms with van der Waals surface area (Å²) in [5.41, 5.74) is -0.582. The SMILES string of the molecule is C/C=C(\SC(C)C(=O)NCCN1CCCCC1)c1cc(C(F)(F)F)n(C)n1. The first-order valence-corrected chi connectivity index (χ1v) is 10.0. The second-order valence-electron chi connectivity index (χ2n) is 6.64. The Morgan fingerprint density at radius 1 is 1.37 bits per heavy atom. The maximum Gasteiger partial charge on any atom is 0.433 e. The molecule has 0 spiro atoms. The van der Waals surface area contributed by atoms with Crippen LogP contribution in [0.15, 0.2) is 12.1 Å². The zero-order valence-electron chi connectivity index (χ0n) is 16.0. The number of aromatic nitrogens is 2. The van der Waals surface area contributed by atoms with Gasteiger partial charge in [-0.25, -0.2) is 0 Å². The molecule has 1 unspecified atom stereocenters. The summed E-state index contributed by atoms with van der Waals surface area (Å²) in [6.45, 7) is 7.03. The molecule has 152 valence electrons. The lowest BCUT2D eigenvalue weighted by molar-refractivity contribution is -0.143. The normalized spacial score (nSPS) is 17.8. The molecule has 2 heterocycles. The molecule has 1 aromatic rings. The number of carbonyl (C=O) groups is 1. The Morgan fingerprint density at radius 3 is 2.59 bits per heavy atom. The van der Waals surface area contributed by atoms with Crippen molar-refractivity contribution in [1.29, 1.82) is 0 Å². The zero-order chi connectivity index (χ0) is 20.0. The fourth-order valence-corrected chi connectivity index (χ4v) is 3.97. The van der Waals surface area contributed by atoms with Crippen LogP contribution in [0, 0.1) is 0 Å². The summed E-state index contributed by atoms with van der Waals surface area (Å²) in [6, 6.07) is 1.02. The van der Waals surface area contributed by atoms with Crippen molar-refractivity contribution >= 4 is 22.6 Å². The van der Waals surface area contributed by atoms with Gasteiger partial charge in [-0.2, -0.15) is 18.3 Å². The lowest BCUT2D eigenvalue weighted by Gasteiger charge is -2.26. The number of halogens is 3. The summed E-state index contributed by atoms with van der Waals surface area (Å²) in [4.78, 5) is 15.2. The molecule has 0 saturated carbocycles. The first-order valence-electron chi connectivity index (χ1n) is 9.17. The number of alkyl halides is 3. The average Bonchev–Trinajstić information content (AvgIpc) is 3.02. The number of piperidine rings is 1. The molecule has 1 atom stereocenters. The van der Waals surface area contributed by atoms with Crippen molar-refractivity contribution in [3.8, 4) is 0 Å². The minimum Gasteiger partial charge on any atom is -0.354 e. The minimum absolute atomic E-state index is 0.122. The number of carbonyl (C=O) groups excluding carboxylic acids is 1. The van der Waals surface area contributed by atoms with Crippen molar-refractivity contribution < 1.29 is 18.0 Å². The van der Waals surface area contributed by atoms with Gasteiger partial charge in [0, 0.05) is 25.0 Å². The lowest BCUT2D eigenvalue weighted by Crippen LogP contribution is -2.39. The minimum atomic E-state index is -4.46. The first kappa shape index (κ1) is 21.8. The van der Waals surface area contributed by atoms with Crippen molar-refractivity contribution in [1.82, 2.24) is 20.0 Å². The second kappa shape index (κ2) is 9.64. The van der Waals surface area contributed by atoms with E-state index in [2.05, 4.69) is 15.3 Å². The summed E-state index contributed by atoms with van der Waals surface area (Å²) in [7, 11) is 1.26. The van der Waals surface area contributed by atoms with E-state index in [0.29, 0.717) is 11.4 Å². The molecule has 0 radical (unpaired) electrons. The maximum absolute atomic E-state index is 13.0. The van der Waals surface area contributed by atoms with Gasteiger partial charge in [-0.3, -0.25) is 9.48 Å². The molecule has 0 bridgehead atoms. The average molecular weight is 405 g/mol. The number of allylic oxidation sites excluding steroid dienone is 1. The Bertz CT molecular complexity index is 666. The third-order valence-electron chi connectivity index (χ3n) is 4.53. The van der Waals surface area contributed by atoms with Gasteiger partial charge in [0.05, 0.1) is 10.9 Å². The molecule has 1 aliphatic rings. The van der Waals surface area contributed by atoms with Crippen LogP contribution in [-0.4, -0.2) is 52.0 Å². The third-order valence-corrected chi connectivity index (χ3v) is 5.80. The highest BCUT2D eigenvalue weighted by atomic mass is 32.2. The Morgan fingerprint density at radius 2 is 2.04 bits per heavy atom. The first-order chi connectivity index (χ1) is 12.7. The van der Waals surface area contributed by atoms with Crippen LogP contribution in [0.4, 0.5) is 13.2 Å². The highest BCUT2D eigenvalue weighted by molar-refractivity contribution is 8.09. The summed E-state index contributed by atoms with van der Waals surface area (Å²) in [5, 5.41) is 6.45. The predicted octanol–water partition coefficient (Wildman–Crippen LogP) is 3.52. The number of nitrogens with one attached hydrogen (secondary N) is 1. The van der Waals surface area contributed by atoms with E-state index in [4.69, 9.17) is 0 Å². The molecular formula is C18H27F3N4OS. The smallest absolute Gasteiger partial charge is 0.354 e. The van der Waals surface area contributed by atoms with Gasteiger partial charge in [0.2, 0.25) is 5.91 Å². The fraction of sp³-hybridized carbons (Fsp3) is 0.667. The number of aryl methyl sites for hydroxylation is 1. The largest absolute Gasteiger partial charge is 0.433 e. The maximum atomic E-state index is 13.0. The molecule has 1 aromatic heterocycles. The molecule has 0 aliphatic carbocycles. The molecular weight excluding hydrogens is 377 g/mol. The van der Waals surface area contributed by atoms with Crippen LogP contribution in [-0.2, 0) is 18.0 Å². The van der Waals surface area contributed by atoms with Crippen LogP contribution in [0.2, 0.25) is 0 Å². The van der Waals surface area contributed by atoms with Gasteiger partial charge in [-0.15, -0.1) is 11.8 Å². The Kier molecular flexibility index (Phi) is 7.79. The summed E-state index contributed by atoms with van der Waals surface area (Å²) < 4.78 is 39.7. The zero-order valence-corrected chi connectivity index (χ0v) is 16.8. The highest BCUT2D eigenvalue weighted by Crippen LogP contribution is 2.35. The molecule has 9 heteroatoms. The van der Waals surface area contributed by atoms with E-state index in [1.165, 1.54) is 38.1 Å². The van der Waals surface area contributed by atoms with Gasteiger partial charge in [0.1, 0.15) is 5.69 Å². The Labute approximate surface area is 162 Å². The van der Waals surface area contributed by atoms with Gasteiger partial charge in [0.15, 0.2) is 0 Å². The van der Waals surface area contributed by atoms with Gasteiger partial charge in [-0.1, -0.05) is 12.5 Å². The Hall–Kier alpha value is -1.48. The standard InChI is InChI=1S/C18H27F3N4OS/c1-4-15(14-12-16(18(19,20)21)24(3)23-14)27-13(2)17(26)22-8-11-25-9-6-5-7-10-25/h4,12-13H,5-11H2,1-3H3,(H,22,26)/b15-4-. The lowest BCUT2D eigenvalue weighted by atomic mass is 10.1. The molecule has 1 aliphatic heterocycles. The molecule has 1 saturated heterocycles. The molecule has 27 heavy (non-hydrogen) atoms. The monoisotopic (exact) mass is 404 g/mol. The molecule has 0 aromatic carbocycles. The molecule has 2 rings (SSSR count). The topological polar surface area (TPSA) is 50.2 Å². The van der Waals surface area contributed by atoms with Crippen LogP contribution < -0.4 is 5.32 Å². The van der Waals surface area contributed by atoms with E-state index in [-0.39, 0.29) is 11.6 Å². The van der Waals surface area contributed by atoms with Crippen LogP contribution in [0.25, 0.3) is 4.91 Å². The van der Waals surface area contributed by atoms with E-state index >= 15 is 0 Å². The van der Waals surface area contributed by atoms with Crippen LogP contribution in [0.1, 0.15) is 44.5 Å². The van der Waals surface area contributed by atoms with Crippen molar-refractivity contribution in [2.24, 2.45) is 7.05 Å². The van der Waals surface area contributed by atoms with Crippen LogP contribution in [0.5, 0.6) is 0 Å². The number of thioether (sulfide) groups is 1. The Balaban J connectivity index is 1.88. The number of rotatable bonds is 7. The molecule has 1 N–H and O–H groups in total. The molecule has 1 amide bonds.